The highest BCUT2D eigenvalue weighted by molar-refractivity contribution is 7.89. The number of carbonyl (C=O) groups excluding carboxylic acids is 2. The second-order valence-corrected chi connectivity index (χ2v) is 9.58. The molecular formula is C24H23N3O6S. The highest BCUT2D eigenvalue weighted by Crippen LogP contribution is 2.33. The molecule has 1 unspecified atom stereocenters. The maximum atomic E-state index is 13.0. The monoisotopic (exact) mass is 481 g/mol. The Morgan fingerprint density at radius 1 is 1.15 bits per heavy atom. The molecule has 0 bridgehead atoms. The highest BCUT2D eigenvalue weighted by atomic mass is 32.2. The third-order valence-corrected chi connectivity index (χ3v) is 6.81. The second-order valence-electron chi connectivity index (χ2n) is 7.70. The first-order chi connectivity index (χ1) is 16.3. The average Bonchev–Trinajstić information content (AvgIpc) is 3.53. The van der Waals surface area contributed by atoms with Crippen molar-refractivity contribution < 1.29 is 27.2 Å². The van der Waals surface area contributed by atoms with E-state index in [0.29, 0.717) is 17.9 Å². The van der Waals surface area contributed by atoms with Crippen molar-refractivity contribution in [3.8, 4) is 0 Å². The maximum Gasteiger partial charge on any atom is 0.338 e. The predicted octanol–water partition coefficient (Wildman–Crippen LogP) is 3.03. The zero-order chi connectivity index (χ0) is 24.3. The van der Waals surface area contributed by atoms with Gasteiger partial charge in [0.05, 0.1) is 22.4 Å². The number of furan rings is 1. The summed E-state index contributed by atoms with van der Waals surface area (Å²) in [4.78, 5) is 25.4. The van der Waals surface area contributed by atoms with E-state index < -0.39 is 34.5 Å². The molecule has 1 N–H and O–H groups in total. The fraction of sp³-hybridized carbons (Fsp3) is 0.208. The molecule has 0 saturated heterocycles. The zero-order valence-corrected chi connectivity index (χ0v) is 19.4. The topological polar surface area (TPSA) is 118 Å². The van der Waals surface area contributed by atoms with Gasteiger partial charge in [0.25, 0.3) is 5.91 Å². The van der Waals surface area contributed by atoms with E-state index in [-0.39, 0.29) is 10.5 Å². The van der Waals surface area contributed by atoms with E-state index in [4.69, 9.17) is 9.15 Å². The predicted molar refractivity (Wildman–Crippen MR) is 124 cm³/mol. The van der Waals surface area contributed by atoms with Crippen LogP contribution in [0.4, 0.5) is 0 Å². The Morgan fingerprint density at radius 2 is 1.91 bits per heavy atom. The lowest BCUT2D eigenvalue weighted by atomic mass is 10.0. The van der Waals surface area contributed by atoms with Crippen LogP contribution in [0.1, 0.15) is 39.7 Å². The van der Waals surface area contributed by atoms with Crippen LogP contribution in [-0.4, -0.2) is 44.7 Å². The van der Waals surface area contributed by atoms with Crippen LogP contribution >= 0.6 is 0 Å². The molecule has 2 heterocycles. The van der Waals surface area contributed by atoms with E-state index in [9.17, 15) is 18.0 Å². The van der Waals surface area contributed by atoms with Gasteiger partial charge in [-0.15, -0.1) is 0 Å². The molecule has 1 amide bonds. The minimum absolute atomic E-state index is 0.0111. The molecule has 0 saturated carbocycles. The Labute approximate surface area is 197 Å². The Hall–Kier alpha value is -3.76. The molecule has 1 aliphatic rings. The molecule has 176 valence electrons. The quantitative estimate of drug-likeness (QED) is 0.518. The first-order valence-corrected chi connectivity index (χ1v) is 12.0. The summed E-state index contributed by atoms with van der Waals surface area (Å²) in [5.74, 6) is -0.788. The van der Waals surface area contributed by atoms with Crippen molar-refractivity contribution in [2.75, 3.05) is 13.7 Å². The normalized spacial score (nSPS) is 15.8. The van der Waals surface area contributed by atoms with Gasteiger partial charge in [-0.3, -0.25) is 4.79 Å². The van der Waals surface area contributed by atoms with E-state index in [1.54, 1.807) is 12.1 Å². The third kappa shape index (κ3) is 4.92. The highest BCUT2D eigenvalue weighted by Gasteiger charge is 2.35. The van der Waals surface area contributed by atoms with Crippen molar-refractivity contribution in [1.82, 2.24) is 9.73 Å². The molecule has 10 heteroatoms. The lowest BCUT2D eigenvalue weighted by Gasteiger charge is -2.19. The summed E-state index contributed by atoms with van der Waals surface area (Å²) in [7, 11) is -2.45. The van der Waals surface area contributed by atoms with Crippen molar-refractivity contribution in [3.63, 3.8) is 0 Å². The fourth-order valence-electron chi connectivity index (χ4n) is 3.55. The maximum absolute atomic E-state index is 13.0. The molecule has 4 rings (SSSR count). The lowest BCUT2D eigenvalue weighted by Crippen LogP contribution is -2.31. The van der Waals surface area contributed by atoms with Crippen LogP contribution < -0.4 is 4.72 Å². The molecular weight excluding hydrogens is 458 g/mol. The number of ether oxygens (including phenoxy) is 1. The Morgan fingerprint density at radius 3 is 2.59 bits per heavy atom. The molecule has 1 atom stereocenters. The SMILES string of the molecule is CNS(=O)(=O)c1cccc(C(=O)OCC(=O)N2N=C(c3ccc(C)cc3)CC2c2ccco2)c1. The number of hydrogen-bond acceptors (Lipinski definition) is 7. The van der Waals surface area contributed by atoms with Gasteiger partial charge in [-0.05, 0) is 49.9 Å². The summed E-state index contributed by atoms with van der Waals surface area (Å²) in [5, 5.41) is 5.76. The first kappa shape index (κ1) is 23.4. The summed E-state index contributed by atoms with van der Waals surface area (Å²) < 4.78 is 36.8. The number of nitrogens with zero attached hydrogens (tertiary/aromatic N) is 2. The summed E-state index contributed by atoms with van der Waals surface area (Å²) >= 11 is 0. The van der Waals surface area contributed by atoms with Crippen LogP contribution in [-0.2, 0) is 19.6 Å². The molecule has 1 aliphatic heterocycles. The number of aryl methyl sites for hydroxylation is 1. The fourth-order valence-corrected chi connectivity index (χ4v) is 4.32. The molecule has 1 aromatic heterocycles. The summed E-state index contributed by atoms with van der Waals surface area (Å²) in [6, 6.07) is 16.2. The third-order valence-electron chi connectivity index (χ3n) is 5.40. The molecule has 0 spiro atoms. The average molecular weight is 482 g/mol. The molecule has 34 heavy (non-hydrogen) atoms. The van der Waals surface area contributed by atoms with Crippen molar-refractivity contribution in [3.05, 3.63) is 89.4 Å². The van der Waals surface area contributed by atoms with E-state index >= 15 is 0 Å². The van der Waals surface area contributed by atoms with Crippen LogP contribution in [0.25, 0.3) is 0 Å². The Kier molecular flexibility index (Phi) is 6.62. The first-order valence-electron chi connectivity index (χ1n) is 10.5. The van der Waals surface area contributed by atoms with E-state index in [1.165, 1.54) is 42.6 Å². The van der Waals surface area contributed by atoms with Crippen LogP contribution in [0.2, 0.25) is 0 Å². The van der Waals surface area contributed by atoms with Crippen molar-refractivity contribution >= 4 is 27.6 Å². The Bertz CT molecular complexity index is 1330. The molecule has 0 aliphatic carbocycles. The number of amides is 1. The number of sulfonamides is 1. The molecule has 0 fully saturated rings. The van der Waals surface area contributed by atoms with E-state index in [2.05, 4.69) is 9.82 Å². The standard InChI is InChI=1S/C24H23N3O6S/c1-16-8-10-17(11-9-16)20-14-21(22-7-4-12-32-22)27(26-20)23(28)15-33-24(29)18-5-3-6-19(13-18)34(30,31)25-2/h3-13,21,25H,14-15H2,1-2H3. The van der Waals surface area contributed by atoms with E-state index in [0.717, 1.165) is 11.1 Å². The number of benzene rings is 2. The van der Waals surface area contributed by atoms with Crippen molar-refractivity contribution in [1.29, 1.82) is 0 Å². The second kappa shape index (κ2) is 9.62. The van der Waals surface area contributed by atoms with Crippen LogP contribution in [0.15, 0.2) is 81.3 Å². The van der Waals surface area contributed by atoms with E-state index in [1.807, 2.05) is 31.2 Å². The summed E-state index contributed by atoms with van der Waals surface area (Å²) in [6.07, 6.45) is 1.97. The van der Waals surface area contributed by atoms with Gasteiger partial charge in [-0.2, -0.15) is 5.10 Å². The van der Waals surface area contributed by atoms with Crippen LogP contribution in [0, 0.1) is 6.92 Å². The number of nitrogens with one attached hydrogen (secondary N) is 1. The van der Waals surface area contributed by atoms with Gasteiger partial charge in [0.2, 0.25) is 10.0 Å². The molecule has 2 aromatic carbocycles. The van der Waals surface area contributed by atoms with Gasteiger partial charge in [-0.25, -0.2) is 22.9 Å². The minimum Gasteiger partial charge on any atom is -0.467 e. The van der Waals surface area contributed by atoms with Crippen molar-refractivity contribution in [2.24, 2.45) is 5.10 Å². The number of rotatable bonds is 7. The number of hydrogen-bond donors (Lipinski definition) is 1. The number of esters is 1. The van der Waals surface area contributed by atoms with Gasteiger partial charge >= 0.3 is 5.97 Å². The van der Waals surface area contributed by atoms with Gasteiger partial charge in [-0.1, -0.05) is 35.9 Å². The van der Waals surface area contributed by atoms with Gasteiger partial charge < -0.3 is 9.15 Å². The van der Waals surface area contributed by atoms with Crippen LogP contribution in [0.3, 0.4) is 0 Å². The Balaban J connectivity index is 1.50. The smallest absolute Gasteiger partial charge is 0.338 e. The number of carbonyl (C=O) groups is 2. The van der Waals surface area contributed by atoms with Gasteiger partial charge in [0.1, 0.15) is 11.8 Å². The van der Waals surface area contributed by atoms with Gasteiger partial charge in [0, 0.05) is 6.42 Å². The summed E-state index contributed by atoms with van der Waals surface area (Å²) in [5.41, 5.74) is 2.72. The van der Waals surface area contributed by atoms with Gasteiger partial charge in [0.15, 0.2) is 6.61 Å². The summed E-state index contributed by atoms with van der Waals surface area (Å²) in [6.45, 7) is 1.42. The zero-order valence-electron chi connectivity index (χ0n) is 18.6. The van der Waals surface area contributed by atoms with Crippen LogP contribution in [0.5, 0.6) is 0 Å². The molecule has 3 aromatic rings. The number of hydrazone groups is 1. The largest absolute Gasteiger partial charge is 0.467 e. The molecule has 9 nitrogen and oxygen atoms in total. The lowest BCUT2D eigenvalue weighted by molar-refractivity contribution is -0.136. The van der Waals surface area contributed by atoms with Crippen molar-refractivity contribution in [2.45, 2.75) is 24.3 Å². The minimum atomic E-state index is -3.73. The molecule has 0 radical (unpaired) electrons.